The quantitative estimate of drug-likeness (QED) is 0.917. The highest BCUT2D eigenvalue weighted by Crippen LogP contribution is 2.27. The predicted molar refractivity (Wildman–Crippen MR) is 86.1 cm³/mol. The molecule has 0 aliphatic carbocycles. The summed E-state index contributed by atoms with van der Waals surface area (Å²) >= 11 is 0. The number of benzene rings is 1. The molecule has 6 heteroatoms. The van der Waals surface area contributed by atoms with Gasteiger partial charge in [-0.25, -0.2) is 9.97 Å². The summed E-state index contributed by atoms with van der Waals surface area (Å²) in [6.07, 6.45) is 4.00. The number of hydrogen-bond donors (Lipinski definition) is 1. The van der Waals surface area contributed by atoms with Crippen molar-refractivity contribution in [1.82, 2.24) is 9.97 Å². The van der Waals surface area contributed by atoms with Crippen LogP contribution in [0.2, 0.25) is 0 Å². The van der Waals surface area contributed by atoms with Gasteiger partial charge < -0.3 is 15.0 Å². The van der Waals surface area contributed by atoms with Gasteiger partial charge in [0.25, 0.3) is 0 Å². The Morgan fingerprint density at radius 3 is 2.91 bits per heavy atom. The van der Waals surface area contributed by atoms with E-state index in [-0.39, 0.29) is 12.5 Å². The molecule has 2 heterocycles. The van der Waals surface area contributed by atoms with Crippen molar-refractivity contribution >= 4 is 28.3 Å². The SMILES string of the molecule is CCOCC(=O)Nc1ccc2c(N3CCCC3)ncnc2c1. The molecule has 1 fully saturated rings. The minimum Gasteiger partial charge on any atom is -0.372 e. The molecule has 0 saturated carbocycles. The lowest BCUT2D eigenvalue weighted by Gasteiger charge is -2.18. The molecule has 22 heavy (non-hydrogen) atoms. The van der Waals surface area contributed by atoms with Crippen LogP contribution in [0, 0.1) is 0 Å². The molecule has 0 bridgehead atoms. The van der Waals surface area contributed by atoms with E-state index in [2.05, 4.69) is 20.2 Å². The van der Waals surface area contributed by atoms with Crippen molar-refractivity contribution in [1.29, 1.82) is 0 Å². The number of nitrogens with one attached hydrogen (secondary N) is 1. The van der Waals surface area contributed by atoms with E-state index in [1.165, 1.54) is 12.8 Å². The van der Waals surface area contributed by atoms with Gasteiger partial charge in [-0.15, -0.1) is 0 Å². The van der Waals surface area contributed by atoms with Crippen LogP contribution in [0.5, 0.6) is 0 Å². The molecule has 116 valence electrons. The van der Waals surface area contributed by atoms with Crippen molar-refractivity contribution in [3.8, 4) is 0 Å². The Labute approximate surface area is 129 Å². The Morgan fingerprint density at radius 2 is 2.14 bits per heavy atom. The molecule has 2 aromatic rings. The maximum absolute atomic E-state index is 11.7. The van der Waals surface area contributed by atoms with Crippen molar-refractivity contribution in [3.05, 3.63) is 24.5 Å². The molecule has 1 aliphatic rings. The summed E-state index contributed by atoms with van der Waals surface area (Å²) in [5, 5.41) is 3.84. The molecule has 0 radical (unpaired) electrons. The second-order valence-corrected chi connectivity index (χ2v) is 5.31. The first-order valence-corrected chi connectivity index (χ1v) is 7.65. The monoisotopic (exact) mass is 300 g/mol. The number of carbonyl (C=O) groups excluding carboxylic acids is 1. The van der Waals surface area contributed by atoms with Gasteiger partial charge in [0.2, 0.25) is 5.91 Å². The van der Waals surface area contributed by atoms with Crippen LogP contribution in [0.25, 0.3) is 10.9 Å². The Hall–Kier alpha value is -2.21. The Bertz CT molecular complexity index is 668. The molecule has 0 atom stereocenters. The van der Waals surface area contributed by atoms with Gasteiger partial charge in [-0.05, 0) is 38.0 Å². The summed E-state index contributed by atoms with van der Waals surface area (Å²) in [6.45, 7) is 4.53. The molecule has 1 N–H and O–H groups in total. The molecule has 1 aliphatic heterocycles. The molecule has 1 saturated heterocycles. The van der Waals surface area contributed by atoms with E-state index in [0.717, 1.165) is 35.5 Å². The number of amides is 1. The number of anilines is 2. The fraction of sp³-hybridized carbons (Fsp3) is 0.438. The molecule has 0 unspecified atom stereocenters. The number of rotatable bonds is 5. The van der Waals surface area contributed by atoms with Crippen LogP contribution in [0.4, 0.5) is 11.5 Å². The van der Waals surface area contributed by atoms with Crippen LogP contribution in [0.3, 0.4) is 0 Å². The van der Waals surface area contributed by atoms with Crippen molar-refractivity contribution in [2.24, 2.45) is 0 Å². The summed E-state index contributed by atoms with van der Waals surface area (Å²) in [5.41, 5.74) is 1.56. The zero-order valence-corrected chi connectivity index (χ0v) is 12.7. The molecular formula is C16H20N4O2. The van der Waals surface area contributed by atoms with E-state index >= 15 is 0 Å². The third kappa shape index (κ3) is 3.17. The van der Waals surface area contributed by atoms with Gasteiger partial charge in [0.05, 0.1) is 5.52 Å². The number of carbonyl (C=O) groups is 1. The topological polar surface area (TPSA) is 67.3 Å². The average molecular weight is 300 g/mol. The Balaban J connectivity index is 1.83. The van der Waals surface area contributed by atoms with Crippen LogP contribution in [0.1, 0.15) is 19.8 Å². The molecular weight excluding hydrogens is 280 g/mol. The van der Waals surface area contributed by atoms with Crippen molar-refractivity contribution in [2.75, 3.05) is 36.5 Å². The van der Waals surface area contributed by atoms with E-state index in [1.54, 1.807) is 6.33 Å². The largest absolute Gasteiger partial charge is 0.372 e. The number of nitrogens with zero attached hydrogens (tertiary/aromatic N) is 3. The lowest BCUT2D eigenvalue weighted by Crippen LogP contribution is -2.20. The van der Waals surface area contributed by atoms with Crippen molar-refractivity contribution < 1.29 is 9.53 Å². The summed E-state index contributed by atoms with van der Waals surface area (Å²) in [5.74, 6) is 0.824. The highest BCUT2D eigenvalue weighted by atomic mass is 16.5. The molecule has 0 spiro atoms. The molecule has 6 nitrogen and oxygen atoms in total. The van der Waals surface area contributed by atoms with Crippen molar-refractivity contribution in [2.45, 2.75) is 19.8 Å². The molecule has 3 rings (SSSR count). The molecule has 1 amide bonds. The first-order chi connectivity index (χ1) is 10.8. The van der Waals surface area contributed by atoms with Crippen LogP contribution < -0.4 is 10.2 Å². The van der Waals surface area contributed by atoms with Crippen molar-refractivity contribution in [3.63, 3.8) is 0 Å². The van der Waals surface area contributed by atoms with Gasteiger partial charge in [-0.2, -0.15) is 0 Å². The van der Waals surface area contributed by atoms with Crippen LogP contribution >= 0.6 is 0 Å². The van der Waals surface area contributed by atoms with Crippen LogP contribution in [-0.2, 0) is 9.53 Å². The first-order valence-electron chi connectivity index (χ1n) is 7.65. The summed E-state index contributed by atoms with van der Waals surface area (Å²) in [7, 11) is 0. The minimum absolute atomic E-state index is 0.0668. The molecule has 1 aromatic heterocycles. The predicted octanol–water partition coefficient (Wildman–Crippen LogP) is 2.21. The summed E-state index contributed by atoms with van der Waals surface area (Å²) in [6, 6.07) is 5.73. The Morgan fingerprint density at radius 1 is 1.32 bits per heavy atom. The maximum Gasteiger partial charge on any atom is 0.250 e. The number of aromatic nitrogens is 2. The standard InChI is InChI=1S/C16H20N4O2/c1-2-22-10-15(21)19-12-5-6-13-14(9-12)17-11-18-16(13)20-7-3-4-8-20/h5-6,9,11H,2-4,7-8,10H2,1H3,(H,19,21). The second kappa shape index (κ2) is 6.70. The van der Waals surface area contributed by atoms with Gasteiger partial charge in [0.1, 0.15) is 18.8 Å². The van der Waals surface area contributed by atoms with Gasteiger partial charge >= 0.3 is 0 Å². The van der Waals surface area contributed by atoms with Crippen LogP contribution in [0.15, 0.2) is 24.5 Å². The van der Waals surface area contributed by atoms with E-state index in [0.29, 0.717) is 6.61 Å². The van der Waals surface area contributed by atoms with Gasteiger partial charge in [0.15, 0.2) is 0 Å². The van der Waals surface area contributed by atoms with E-state index in [4.69, 9.17) is 4.74 Å². The molecule has 1 aromatic carbocycles. The third-order valence-electron chi connectivity index (χ3n) is 3.74. The fourth-order valence-corrected chi connectivity index (χ4v) is 2.69. The number of ether oxygens (including phenoxy) is 1. The van der Waals surface area contributed by atoms with E-state index in [9.17, 15) is 4.79 Å². The first kappa shape index (κ1) is 14.7. The Kier molecular flexibility index (Phi) is 4.48. The summed E-state index contributed by atoms with van der Waals surface area (Å²) in [4.78, 5) is 22.7. The fourth-order valence-electron chi connectivity index (χ4n) is 2.69. The number of hydrogen-bond acceptors (Lipinski definition) is 5. The maximum atomic E-state index is 11.7. The lowest BCUT2D eigenvalue weighted by molar-refractivity contribution is -0.120. The minimum atomic E-state index is -0.157. The van der Waals surface area contributed by atoms with E-state index < -0.39 is 0 Å². The third-order valence-corrected chi connectivity index (χ3v) is 3.74. The highest BCUT2D eigenvalue weighted by Gasteiger charge is 2.16. The second-order valence-electron chi connectivity index (χ2n) is 5.31. The average Bonchev–Trinajstić information content (AvgIpc) is 3.06. The smallest absolute Gasteiger partial charge is 0.250 e. The van der Waals surface area contributed by atoms with Crippen LogP contribution in [-0.4, -0.2) is 42.2 Å². The normalized spacial score (nSPS) is 14.5. The van der Waals surface area contributed by atoms with Gasteiger partial charge in [0, 0.05) is 30.8 Å². The summed E-state index contributed by atoms with van der Waals surface area (Å²) < 4.78 is 5.10. The highest BCUT2D eigenvalue weighted by molar-refractivity contribution is 5.96. The van der Waals surface area contributed by atoms with Gasteiger partial charge in [-0.3, -0.25) is 4.79 Å². The zero-order chi connectivity index (χ0) is 15.4. The number of fused-ring (bicyclic) bond motifs is 1. The zero-order valence-electron chi connectivity index (χ0n) is 12.7. The lowest BCUT2D eigenvalue weighted by atomic mass is 10.2. The van der Waals surface area contributed by atoms with E-state index in [1.807, 2.05) is 25.1 Å². The van der Waals surface area contributed by atoms with Gasteiger partial charge in [-0.1, -0.05) is 0 Å².